The third-order valence-corrected chi connectivity index (χ3v) is 10.7. The third-order valence-electron chi connectivity index (χ3n) is 9.77. The van der Waals surface area contributed by atoms with Crippen molar-refractivity contribution in [2.45, 2.75) is 187 Å². The Labute approximate surface area is 363 Å². The average molecular weight is 849 g/mol. The minimum atomic E-state index is -4.30. The molecule has 59 heavy (non-hydrogen) atoms. The molecule has 0 saturated carbocycles. The van der Waals surface area contributed by atoms with Gasteiger partial charge in [0.1, 0.15) is 19.3 Å². The van der Waals surface area contributed by atoms with Crippen molar-refractivity contribution >= 4 is 13.8 Å². The predicted octanol–water partition coefficient (Wildman–Crippen LogP) is 14.3. The summed E-state index contributed by atoms with van der Waals surface area (Å²) in [5.41, 5.74) is 0. The van der Waals surface area contributed by atoms with Crippen molar-refractivity contribution in [1.82, 2.24) is 0 Å². The number of quaternary nitrogens is 1. The molecule has 0 aliphatic rings. The number of carbonyl (C=O) groups is 1. The highest BCUT2D eigenvalue weighted by atomic mass is 31.2. The first-order chi connectivity index (χ1) is 28.6. The summed E-state index contributed by atoms with van der Waals surface area (Å²) in [6, 6.07) is 0. The maximum atomic E-state index is 12.6. The molecule has 0 amide bonds. The number of esters is 1. The highest BCUT2D eigenvalue weighted by molar-refractivity contribution is 7.47. The number of allylic oxidation sites excluding steroid dienone is 12. The van der Waals surface area contributed by atoms with Gasteiger partial charge in [-0.05, 0) is 70.6 Å². The van der Waals surface area contributed by atoms with Gasteiger partial charge < -0.3 is 18.9 Å². The van der Waals surface area contributed by atoms with Crippen LogP contribution in [0, 0.1) is 0 Å². The Morgan fingerprint density at radius 1 is 0.542 bits per heavy atom. The summed E-state index contributed by atoms with van der Waals surface area (Å²) in [6.07, 6.45) is 55.4. The van der Waals surface area contributed by atoms with Crippen LogP contribution in [0.1, 0.15) is 181 Å². The molecule has 0 aromatic carbocycles. The molecule has 1 N–H and O–H groups in total. The predicted molar refractivity (Wildman–Crippen MR) is 252 cm³/mol. The van der Waals surface area contributed by atoms with Crippen molar-refractivity contribution in [3.63, 3.8) is 0 Å². The van der Waals surface area contributed by atoms with Crippen molar-refractivity contribution < 1.29 is 37.3 Å². The van der Waals surface area contributed by atoms with Crippen molar-refractivity contribution in [3.05, 3.63) is 72.9 Å². The lowest BCUT2D eigenvalue weighted by molar-refractivity contribution is -0.870. The molecule has 0 saturated heterocycles. The van der Waals surface area contributed by atoms with Crippen LogP contribution in [0.4, 0.5) is 0 Å². The molecule has 0 aliphatic carbocycles. The van der Waals surface area contributed by atoms with Gasteiger partial charge in [0.05, 0.1) is 34.4 Å². The molecule has 0 spiro atoms. The van der Waals surface area contributed by atoms with E-state index in [0.29, 0.717) is 24.1 Å². The smallest absolute Gasteiger partial charge is 0.457 e. The van der Waals surface area contributed by atoms with E-state index in [1.54, 1.807) is 0 Å². The topological polar surface area (TPSA) is 91.3 Å². The number of ether oxygens (including phenoxy) is 2. The van der Waals surface area contributed by atoms with Crippen LogP contribution in [0.15, 0.2) is 72.9 Å². The molecule has 0 fully saturated rings. The fourth-order valence-electron chi connectivity index (χ4n) is 6.13. The van der Waals surface area contributed by atoms with Gasteiger partial charge in [0, 0.05) is 13.0 Å². The minimum Gasteiger partial charge on any atom is -0.457 e. The minimum absolute atomic E-state index is 0.0728. The van der Waals surface area contributed by atoms with Gasteiger partial charge in [-0.25, -0.2) is 4.57 Å². The largest absolute Gasteiger partial charge is 0.472 e. The van der Waals surface area contributed by atoms with E-state index in [1.807, 2.05) is 33.3 Å². The summed E-state index contributed by atoms with van der Waals surface area (Å²) in [5.74, 6) is -0.395. The number of hydrogen-bond donors (Lipinski definition) is 1. The number of likely N-dealkylation sites (N-methyl/N-ethyl adjacent to an activating group) is 1. The van der Waals surface area contributed by atoms with Gasteiger partial charge in [-0.2, -0.15) is 0 Å². The zero-order valence-corrected chi connectivity index (χ0v) is 39.6. The van der Waals surface area contributed by atoms with E-state index >= 15 is 0 Å². The molecule has 0 radical (unpaired) electrons. The maximum absolute atomic E-state index is 12.6. The van der Waals surface area contributed by atoms with Crippen LogP contribution in [-0.2, 0) is 27.9 Å². The van der Waals surface area contributed by atoms with Gasteiger partial charge in [0.15, 0.2) is 0 Å². The van der Waals surface area contributed by atoms with E-state index in [4.69, 9.17) is 18.5 Å². The second-order valence-electron chi connectivity index (χ2n) is 16.8. The van der Waals surface area contributed by atoms with E-state index in [0.717, 1.165) is 44.9 Å². The van der Waals surface area contributed by atoms with Crippen molar-refractivity contribution in [3.8, 4) is 0 Å². The Balaban J connectivity index is 4.18. The highest BCUT2D eigenvalue weighted by Crippen LogP contribution is 2.43. The zero-order chi connectivity index (χ0) is 43.4. The number of phosphoric ester groups is 1. The van der Waals surface area contributed by atoms with E-state index < -0.39 is 19.9 Å². The number of rotatable bonds is 43. The third kappa shape index (κ3) is 46.9. The molecule has 0 aliphatic heterocycles. The molecule has 0 heterocycles. The van der Waals surface area contributed by atoms with Crippen LogP contribution in [0.2, 0.25) is 0 Å². The number of carbonyl (C=O) groups excluding carboxylic acids is 1. The summed E-state index contributed by atoms with van der Waals surface area (Å²) in [5, 5.41) is 0. The number of hydrogen-bond acceptors (Lipinski definition) is 6. The summed E-state index contributed by atoms with van der Waals surface area (Å²) in [7, 11) is 1.62. The van der Waals surface area contributed by atoms with E-state index in [1.165, 1.54) is 109 Å². The lowest BCUT2D eigenvalue weighted by atomic mass is 10.0. The molecule has 2 unspecified atom stereocenters. The quantitative estimate of drug-likeness (QED) is 0.0215. The van der Waals surface area contributed by atoms with E-state index in [9.17, 15) is 14.3 Å². The van der Waals surface area contributed by atoms with Crippen LogP contribution in [0.5, 0.6) is 0 Å². The second kappa shape index (κ2) is 42.6. The highest BCUT2D eigenvalue weighted by Gasteiger charge is 2.26. The number of nitrogens with zero attached hydrogens (tertiary/aromatic N) is 1. The SMILES string of the molecule is CC/C=C\C/C=C\C/C=C\C/C=C\CCC(=O)OC(COCCCCCCCCCCCCCC/C=C\C/C=C\CCCCCCC)COP(=O)(O)OCC[N+](C)(C)C. The Hall–Kier alpha value is -2.06. The lowest BCUT2D eigenvalue weighted by Crippen LogP contribution is -2.37. The Bertz CT molecular complexity index is 1170. The van der Waals surface area contributed by atoms with Crippen LogP contribution >= 0.6 is 7.82 Å². The number of phosphoric acid groups is 1. The van der Waals surface area contributed by atoms with E-state index in [-0.39, 0.29) is 26.2 Å². The molecule has 0 aromatic heterocycles. The molecular formula is C50H91NO7P+. The molecule has 0 rings (SSSR count). The normalized spacial score (nSPS) is 14.3. The first-order valence-corrected chi connectivity index (χ1v) is 25.2. The number of unbranched alkanes of at least 4 members (excludes halogenated alkanes) is 17. The van der Waals surface area contributed by atoms with E-state index in [2.05, 4.69) is 74.6 Å². The first kappa shape index (κ1) is 56.9. The standard InChI is InChI=1S/C50H90NO7P/c1-6-8-10-12-14-16-18-20-21-22-23-24-25-26-27-28-29-30-32-34-36-38-40-42-45-55-47-49(48-57-59(53,54)56-46-44-51(3,4)5)58-50(52)43-41-39-37-35-33-31-19-17-15-13-11-9-7-2/h9,11,15,17-18,20,22-23,31,33,37,39,49H,6-8,10,12-14,16,19,21,24-30,32,34-36,38,40-48H2,1-5H3/p+1/b11-9-,17-15-,20-18-,23-22-,33-31-,39-37-. The van der Waals surface area contributed by atoms with Gasteiger partial charge in [-0.1, -0.05) is 177 Å². The molecule has 2 atom stereocenters. The summed E-state index contributed by atoms with van der Waals surface area (Å²) in [4.78, 5) is 22.8. The van der Waals surface area contributed by atoms with Gasteiger partial charge in [0.25, 0.3) is 0 Å². The monoisotopic (exact) mass is 849 g/mol. The fraction of sp³-hybridized carbons (Fsp3) is 0.740. The van der Waals surface area contributed by atoms with Gasteiger partial charge >= 0.3 is 13.8 Å². The molecule has 8 nitrogen and oxygen atoms in total. The van der Waals surface area contributed by atoms with Crippen LogP contribution < -0.4 is 0 Å². The maximum Gasteiger partial charge on any atom is 0.472 e. The first-order valence-electron chi connectivity index (χ1n) is 23.7. The van der Waals surface area contributed by atoms with Crippen molar-refractivity contribution in [1.29, 1.82) is 0 Å². The summed E-state index contributed by atoms with van der Waals surface area (Å²) < 4.78 is 34.9. The molecule has 342 valence electrons. The van der Waals surface area contributed by atoms with Gasteiger partial charge in [-0.3, -0.25) is 13.8 Å². The second-order valence-corrected chi connectivity index (χ2v) is 18.2. The lowest BCUT2D eigenvalue weighted by Gasteiger charge is -2.24. The molecule has 9 heteroatoms. The molecule has 0 bridgehead atoms. The Kier molecular flexibility index (Phi) is 41.1. The zero-order valence-electron chi connectivity index (χ0n) is 38.7. The van der Waals surface area contributed by atoms with Crippen molar-refractivity contribution in [2.24, 2.45) is 0 Å². The Morgan fingerprint density at radius 2 is 0.983 bits per heavy atom. The molecular weight excluding hydrogens is 758 g/mol. The van der Waals surface area contributed by atoms with Crippen LogP contribution in [0.25, 0.3) is 0 Å². The average Bonchev–Trinajstić information content (AvgIpc) is 3.19. The van der Waals surface area contributed by atoms with Crippen LogP contribution in [0.3, 0.4) is 0 Å². The summed E-state index contributed by atoms with van der Waals surface area (Å²) in [6.45, 7) is 5.39. The molecule has 0 aromatic rings. The Morgan fingerprint density at radius 3 is 1.47 bits per heavy atom. The van der Waals surface area contributed by atoms with Crippen LogP contribution in [-0.4, -0.2) is 75.6 Å². The summed E-state index contributed by atoms with van der Waals surface area (Å²) >= 11 is 0. The fourth-order valence-corrected chi connectivity index (χ4v) is 6.87. The van der Waals surface area contributed by atoms with Gasteiger partial charge in [-0.15, -0.1) is 0 Å². The van der Waals surface area contributed by atoms with Gasteiger partial charge in [0.2, 0.25) is 0 Å². The van der Waals surface area contributed by atoms with Crippen molar-refractivity contribution in [2.75, 3.05) is 54.1 Å².